The molecule has 0 unspecified atom stereocenters. The summed E-state index contributed by atoms with van der Waals surface area (Å²) in [5.74, 6) is 1.27. The number of methoxy groups -OCH3 is 2. The van der Waals surface area contributed by atoms with Crippen LogP contribution in [0.4, 0.5) is 5.69 Å². The Balaban J connectivity index is 1.49. The summed E-state index contributed by atoms with van der Waals surface area (Å²) in [5.41, 5.74) is 4.86. The molecule has 9 heteroatoms. The number of ether oxygens (including phenoxy) is 3. The van der Waals surface area contributed by atoms with Gasteiger partial charge in [0.25, 0.3) is 0 Å². The van der Waals surface area contributed by atoms with Gasteiger partial charge in [-0.15, -0.1) is 0 Å². The van der Waals surface area contributed by atoms with Gasteiger partial charge in [-0.1, -0.05) is 30.3 Å². The van der Waals surface area contributed by atoms with Gasteiger partial charge in [0.2, 0.25) is 11.8 Å². The van der Waals surface area contributed by atoms with Crippen LogP contribution in [0.25, 0.3) is 0 Å². The van der Waals surface area contributed by atoms with Crippen LogP contribution in [0.3, 0.4) is 0 Å². The summed E-state index contributed by atoms with van der Waals surface area (Å²) in [5, 5.41) is 6.73. The van der Waals surface area contributed by atoms with Crippen LogP contribution in [0.15, 0.2) is 71.8 Å². The van der Waals surface area contributed by atoms with Crippen molar-refractivity contribution in [3.8, 4) is 17.2 Å². The van der Waals surface area contributed by atoms with Crippen LogP contribution in [-0.4, -0.2) is 32.2 Å². The molecule has 8 nitrogen and oxygen atoms in total. The lowest BCUT2D eigenvalue weighted by Crippen LogP contribution is -2.20. The molecule has 0 aliphatic heterocycles. The van der Waals surface area contributed by atoms with E-state index in [9.17, 15) is 9.59 Å². The monoisotopic (exact) mass is 587 g/mol. The Morgan fingerprint density at radius 1 is 0.943 bits per heavy atom. The third kappa shape index (κ3) is 8.29. The normalized spacial score (nSPS) is 10.6. The number of rotatable bonds is 11. The van der Waals surface area contributed by atoms with E-state index in [0.717, 1.165) is 14.7 Å². The van der Waals surface area contributed by atoms with Crippen LogP contribution in [0, 0.1) is 3.57 Å². The van der Waals surface area contributed by atoms with E-state index in [2.05, 4.69) is 38.4 Å². The minimum atomic E-state index is -0.365. The fourth-order valence-electron chi connectivity index (χ4n) is 3.04. The second-order valence-corrected chi connectivity index (χ2v) is 8.54. The maximum atomic E-state index is 12.1. The molecule has 0 saturated heterocycles. The first kappa shape index (κ1) is 26.0. The Bertz CT molecular complexity index is 1170. The zero-order chi connectivity index (χ0) is 25.0. The van der Waals surface area contributed by atoms with E-state index in [-0.39, 0.29) is 24.7 Å². The van der Waals surface area contributed by atoms with Gasteiger partial charge in [-0.25, -0.2) is 5.43 Å². The quantitative estimate of drug-likeness (QED) is 0.192. The number of hydrogen-bond acceptors (Lipinski definition) is 6. The fraction of sp³-hybridized carbons (Fsp3) is 0.192. The van der Waals surface area contributed by atoms with E-state index < -0.39 is 0 Å². The number of anilines is 1. The topological polar surface area (TPSA) is 98.2 Å². The minimum absolute atomic E-state index is 0.00640. The van der Waals surface area contributed by atoms with Gasteiger partial charge in [0.15, 0.2) is 11.5 Å². The van der Waals surface area contributed by atoms with Crippen molar-refractivity contribution in [2.24, 2.45) is 5.10 Å². The Morgan fingerprint density at radius 3 is 2.34 bits per heavy atom. The zero-order valence-electron chi connectivity index (χ0n) is 19.4. The highest BCUT2D eigenvalue weighted by Crippen LogP contribution is 2.34. The predicted molar refractivity (Wildman–Crippen MR) is 143 cm³/mol. The minimum Gasteiger partial charge on any atom is -0.497 e. The predicted octanol–water partition coefficient (Wildman–Crippen LogP) is 4.76. The van der Waals surface area contributed by atoms with Gasteiger partial charge in [-0.2, -0.15) is 5.10 Å². The highest BCUT2D eigenvalue weighted by atomic mass is 127. The molecule has 2 N–H and O–H groups in total. The first-order valence-electron chi connectivity index (χ1n) is 10.8. The van der Waals surface area contributed by atoms with Crippen molar-refractivity contribution in [2.45, 2.75) is 19.4 Å². The largest absolute Gasteiger partial charge is 0.497 e. The van der Waals surface area contributed by atoms with Gasteiger partial charge in [-0.05, 0) is 70.1 Å². The summed E-state index contributed by atoms with van der Waals surface area (Å²) in [6.07, 6.45) is 1.56. The third-order valence-corrected chi connectivity index (χ3v) is 5.63. The average molecular weight is 587 g/mol. The molecule has 3 rings (SSSR count). The summed E-state index contributed by atoms with van der Waals surface area (Å²) in [7, 11) is 3.14. The van der Waals surface area contributed by atoms with E-state index in [1.54, 1.807) is 44.6 Å². The molecule has 0 spiro atoms. The molecular weight excluding hydrogens is 561 g/mol. The third-order valence-electron chi connectivity index (χ3n) is 4.83. The second kappa shape index (κ2) is 13.3. The fourth-order valence-corrected chi connectivity index (χ4v) is 3.82. The molecule has 3 aromatic carbocycles. The molecule has 35 heavy (non-hydrogen) atoms. The lowest BCUT2D eigenvalue weighted by atomic mass is 10.2. The van der Waals surface area contributed by atoms with E-state index in [4.69, 9.17) is 14.2 Å². The molecule has 0 radical (unpaired) electrons. The number of amides is 2. The van der Waals surface area contributed by atoms with Crippen LogP contribution in [0.1, 0.15) is 24.0 Å². The molecule has 0 saturated carbocycles. The molecule has 0 aliphatic carbocycles. The lowest BCUT2D eigenvalue weighted by molar-refractivity contribution is -0.124. The van der Waals surface area contributed by atoms with Crippen LogP contribution in [-0.2, 0) is 16.2 Å². The first-order chi connectivity index (χ1) is 17.0. The van der Waals surface area contributed by atoms with Crippen molar-refractivity contribution >= 4 is 46.3 Å². The average Bonchev–Trinajstić information content (AvgIpc) is 2.87. The van der Waals surface area contributed by atoms with Crippen molar-refractivity contribution in [2.75, 3.05) is 19.5 Å². The number of carbonyl (C=O) groups is 2. The number of benzene rings is 3. The molecule has 0 aliphatic rings. The molecule has 0 heterocycles. The number of carbonyl (C=O) groups excluding carboxylic acids is 2. The summed E-state index contributed by atoms with van der Waals surface area (Å²) in [6.45, 7) is 0.419. The first-order valence-corrected chi connectivity index (χ1v) is 11.9. The van der Waals surface area contributed by atoms with E-state index in [1.807, 2.05) is 36.4 Å². The highest BCUT2D eigenvalue weighted by molar-refractivity contribution is 14.1. The smallest absolute Gasteiger partial charge is 0.240 e. The molecule has 182 valence electrons. The zero-order valence-corrected chi connectivity index (χ0v) is 21.6. The summed E-state index contributed by atoms with van der Waals surface area (Å²) >= 11 is 2.17. The molecule has 0 fully saturated rings. The van der Waals surface area contributed by atoms with Crippen LogP contribution >= 0.6 is 22.6 Å². The van der Waals surface area contributed by atoms with E-state index in [0.29, 0.717) is 29.5 Å². The van der Waals surface area contributed by atoms with Crippen LogP contribution in [0.5, 0.6) is 17.2 Å². The Kier molecular flexibility index (Phi) is 9.91. The van der Waals surface area contributed by atoms with Crippen molar-refractivity contribution in [3.63, 3.8) is 0 Å². The van der Waals surface area contributed by atoms with E-state index in [1.165, 1.54) is 6.21 Å². The number of hydrogen-bond donors (Lipinski definition) is 2. The molecule has 0 atom stereocenters. The Hall–Kier alpha value is -3.60. The van der Waals surface area contributed by atoms with Gasteiger partial charge in [0, 0.05) is 18.5 Å². The molecule has 2 amide bonds. The summed E-state index contributed by atoms with van der Waals surface area (Å²) in [4.78, 5) is 24.1. The summed E-state index contributed by atoms with van der Waals surface area (Å²) in [6, 6.07) is 20.5. The molecule has 0 bridgehead atoms. The standard InChI is InChI=1S/C26H26IN3O5/c1-33-21-10-8-20(9-11-21)29-24(31)12-13-25(32)30-28-16-19-14-22(27)26(23(15-19)34-2)35-17-18-6-4-3-5-7-18/h3-11,14-16H,12-13,17H2,1-2H3,(H,29,31)(H,30,32). The van der Waals surface area contributed by atoms with Crippen LogP contribution in [0.2, 0.25) is 0 Å². The number of hydrazone groups is 1. The second-order valence-electron chi connectivity index (χ2n) is 7.38. The van der Waals surface area contributed by atoms with Gasteiger partial charge >= 0.3 is 0 Å². The van der Waals surface area contributed by atoms with Crippen molar-refractivity contribution in [1.29, 1.82) is 0 Å². The van der Waals surface area contributed by atoms with Crippen molar-refractivity contribution in [3.05, 3.63) is 81.4 Å². The maximum Gasteiger partial charge on any atom is 0.240 e. The van der Waals surface area contributed by atoms with Crippen molar-refractivity contribution < 1.29 is 23.8 Å². The molecule has 3 aromatic rings. The lowest BCUT2D eigenvalue weighted by Gasteiger charge is -2.13. The Labute approximate surface area is 217 Å². The SMILES string of the molecule is COc1ccc(NC(=O)CCC(=O)NN=Cc2cc(I)c(OCc3ccccc3)c(OC)c2)cc1. The van der Waals surface area contributed by atoms with E-state index >= 15 is 0 Å². The molecular formula is C26H26IN3O5. The summed E-state index contributed by atoms with van der Waals surface area (Å²) < 4.78 is 17.4. The van der Waals surface area contributed by atoms with Gasteiger partial charge < -0.3 is 19.5 Å². The van der Waals surface area contributed by atoms with Gasteiger partial charge in [-0.3, -0.25) is 9.59 Å². The highest BCUT2D eigenvalue weighted by Gasteiger charge is 2.12. The number of nitrogens with zero attached hydrogens (tertiary/aromatic N) is 1. The number of nitrogens with one attached hydrogen (secondary N) is 2. The van der Waals surface area contributed by atoms with Gasteiger partial charge in [0.1, 0.15) is 12.4 Å². The van der Waals surface area contributed by atoms with Crippen molar-refractivity contribution in [1.82, 2.24) is 5.43 Å². The molecule has 0 aromatic heterocycles. The maximum absolute atomic E-state index is 12.1. The number of halogens is 1. The van der Waals surface area contributed by atoms with Gasteiger partial charge in [0.05, 0.1) is 24.0 Å². The van der Waals surface area contributed by atoms with Crippen LogP contribution < -0.4 is 25.0 Å². The Morgan fingerprint density at radius 2 is 1.66 bits per heavy atom.